The highest BCUT2D eigenvalue weighted by Crippen LogP contribution is 2.38. The highest BCUT2D eigenvalue weighted by molar-refractivity contribution is 7.99. The lowest BCUT2D eigenvalue weighted by Gasteiger charge is -2.37. The molecule has 1 N–H and O–H groups in total. The molecule has 102 valence electrons. The van der Waals surface area contributed by atoms with E-state index in [0.717, 1.165) is 5.75 Å². The number of thioether (sulfide) groups is 1. The number of nitrogens with zero attached hydrogens (tertiary/aromatic N) is 1. The minimum atomic E-state index is 0.120. The predicted molar refractivity (Wildman–Crippen MR) is 82.7 cm³/mol. The summed E-state index contributed by atoms with van der Waals surface area (Å²) in [6, 6.07) is 0.509. The van der Waals surface area contributed by atoms with E-state index in [1.807, 2.05) is 11.3 Å². The molecule has 1 aromatic rings. The van der Waals surface area contributed by atoms with Crippen LogP contribution in [0.25, 0.3) is 0 Å². The van der Waals surface area contributed by atoms with Gasteiger partial charge in [-0.3, -0.25) is 0 Å². The van der Waals surface area contributed by atoms with Crippen molar-refractivity contribution in [2.45, 2.75) is 58.0 Å². The maximum Gasteiger partial charge on any atom is 0.114 e. The van der Waals surface area contributed by atoms with E-state index in [1.165, 1.54) is 29.3 Å². The van der Waals surface area contributed by atoms with Gasteiger partial charge in [-0.15, -0.1) is 11.3 Å². The fraction of sp³-hybridized carbons (Fsp3) is 0.786. The highest BCUT2D eigenvalue weighted by Gasteiger charge is 2.37. The third-order valence-corrected chi connectivity index (χ3v) is 5.67. The van der Waals surface area contributed by atoms with Crippen molar-refractivity contribution in [1.82, 2.24) is 10.3 Å². The average Bonchev–Trinajstić information content (AvgIpc) is 2.79. The molecule has 1 fully saturated rings. The van der Waals surface area contributed by atoms with E-state index < -0.39 is 0 Å². The summed E-state index contributed by atoms with van der Waals surface area (Å²) < 4.78 is 0. The number of hydrogen-bond donors (Lipinski definition) is 1. The monoisotopic (exact) mass is 284 g/mol. The van der Waals surface area contributed by atoms with Crippen molar-refractivity contribution >= 4 is 23.1 Å². The van der Waals surface area contributed by atoms with Crippen molar-refractivity contribution in [3.05, 3.63) is 16.1 Å². The fourth-order valence-electron chi connectivity index (χ4n) is 2.46. The van der Waals surface area contributed by atoms with Crippen molar-refractivity contribution in [3.63, 3.8) is 0 Å². The molecule has 0 amide bonds. The first-order chi connectivity index (χ1) is 8.53. The van der Waals surface area contributed by atoms with Crippen LogP contribution in [0, 0.1) is 0 Å². The maximum atomic E-state index is 4.90. The molecule has 0 bridgehead atoms. The Morgan fingerprint density at radius 1 is 1.33 bits per heavy atom. The predicted octanol–water partition coefficient (Wildman–Crippen LogP) is 3.99. The third-order valence-electron chi connectivity index (χ3n) is 3.33. The number of thiazole rings is 1. The Labute approximate surface area is 119 Å². The van der Waals surface area contributed by atoms with E-state index in [4.69, 9.17) is 4.98 Å². The summed E-state index contributed by atoms with van der Waals surface area (Å²) in [5, 5.41) is 7.33. The molecule has 0 radical (unpaired) electrons. The van der Waals surface area contributed by atoms with Gasteiger partial charge in [0.1, 0.15) is 5.01 Å². The van der Waals surface area contributed by atoms with Gasteiger partial charge in [-0.05, 0) is 38.4 Å². The highest BCUT2D eigenvalue weighted by atomic mass is 32.2. The van der Waals surface area contributed by atoms with Crippen LogP contribution in [0.3, 0.4) is 0 Å². The average molecular weight is 284 g/mol. The van der Waals surface area contributed by atoms with E-state index in [-0.39, 0.29) is 5.54 Å². The Hall–Kier alpha value is -0.0600. The van der Waals surface area contributed by atoms with Crippen LogP contribution in [0.4, 0.5) is 0 Å². The third kappa shape index (κ3) is 3.09. The van der Waals surface area contributed by atoms with Crippen LogP contribution < -0.4 is 5.32 Å². The Kier molecular flexibility index (Phi) is 4.73. The van der Waals surface area contributed by atoms with Gasteiger partial charge in [0.05, 0.1) is 11.2 Å². The molecular weight excluding hydrogens is 260 g/mol. The van der Waals surface area contributed by atoms with Crippen LogP contribution in [0.5, 0.6) is 0 Å². The SMILES string of the molecule is CC(C)NC1(c2nc(C(C)C)cs2)CCCSC1. The molecule has 1 atom stereocenters. The zero-order chi connectivity index (χ0) is 13.2. The second-order valence-corrected chi connectivity index (χ2v) is 7.73. The van der Waals surface area contributed by atoms with Gasteiger partial charge in [0.15, 0.2) is 0 Å². The van der Waals surface area contributed by atoms with E-state index in [1.54, 1.807) is 0 Å². The lowest BCUT2D eigenvalue weighted by Crippen LogP contribution is -2.49. The first-order valence-corrected chi connectivity index (χ1v) is 8.88. The first kappa shape index (κ1) is 14.4. The number of rotatable bonds is 4. The number of hydrogen-bond acceptors (Lipinski definition) is 4. The van der Waals surface area contributed by atoms with Crippen molar-refractivity contribution < 1.29 is 0 Å². The summed E-state index contributed by atoms with van der Waals surface area (Å²) in [5.41, 5.74) is 1.37. The van der Waals surface area contributed by atoms with Crippen LogP contribution in [-0.4, -0.2) is 22.5 Å². The van der Waals surface area contributed by atoms with Crippen molar-refractivity contribution in [2.24, 2.45) is 0 Å². The molecule has 0 aliphatic carbocycles. The standard InChI is InChI=1S/C14H24N2S2/c1-10(2)12-8-18-13(15-12)14(16-11(3)4)6-5-7-17-9-14/h8,10-11,16H,5-7,9H2,1-4H3. The molecule has 4 heteroatoms. The Balaban J connectivity index is 2.26. The second-order valence-electron chi connectivity index (χ2n) is 5.77. The Morgan fingerprint density at radius 3 is 2.61 bits per heavy atom. The quantitative estimate of drug-likeness (QED) is 0.905. The molecule has 1 saturated heterocycles. The molecule has 1 aliphatic rings. The van der Waals surface area contributed by atoms with Crippen LogP contribution in [-0.2, 0) is 5.54 Å². The van der Waals surface area contributed by atoms with E-state index in [9.17, 15) is 0 Å². The molecule has 1 aliphatic heterocycles. The summed E-state index contributed by atoms with van der Waals surface area (Å²) in [4.78, 5) is 4.90. The van der Waals surface area contributed by atoms with Crippen LogP contribution >= 0.6 is 23.1 Å². The van der Waals surface area contributed by atoms with Crippen LogP contribution in [0.15, 0.2) is 5.38 Å². The largest absolute Gasteiger partial charge is 0.302 e. The molecule has 0 aromatic carbocycles. The van der Waals surface area contributed by atoms with E-state index >= 15 is 0 Å². The Bertz CT molecular complexity index is 379. The topological polar surface area (TPSA) is 24.9 Å². The second kappa shape index (κ2) is 5.93. The van der Waals surface area contributed by atoms with Crippen LogP contribution in [0.1, 0.15) is 57.2 Å². The molecular formula is C14H24N2S2. The van der Waals surface area contributed by atoms with Gasteiger partial charge in [-0.2, -0.15) is 11.8 Å². The summed E-state index contributed by atoms with van der Waals surface area (Å²) in [7, 11) is 0. The summed E-state index contributed by atoms with van der Waals surface area (Å²) in [5.74, 6) is 2.99. The normalized spacial score (nSPS) is 25.0. The zero-order valence-corrected chi connectivity index (χ0v) is 13.5. The Morgan fingerprint density at radius 2 is 2.11 bits per heavy atom. The number of nitrogens with one attached hydrogen (secondary N) is 1. The molecule has 2 nitrogen and oxygen atoms in total. The van der Waals surface area contributed by atoms with E-state index in [0.29, 0.717) is 12.0 Å². The van der Waals surface area contributed by atoms with Gasteiger partial charge in [0, 0.05) is 17.2 Å². The van der Waals surface area contributed by atoms with E-state index in [2.05, 4.69) is 50.2 Å². The summed E-state index contributed by atoms with van der Waals surface area (Å²) in [6.07, 6.45) is 2.52. The summed E-state index contributed by atoms with van der Waals surface area (Å²) in [6.45, 7) is 8.91. The van der Waals surface area contributed by atoms with Gasteiger partial charge in [0.25, 0.3) is 0 Å². The molecule has 2 rings (SSSR count). The van der Waals surface area contributed by atoms with Gasteiger partial charge < -0.3 is 5.32 Å². The van der Waals surface area contributed by atoms with Crippen molar-refractivity contribution in [3.8, 4) is 0 Å². The first-order valence-electron chi connectivity index (χ1n) is 6.85. The van der Waals surface area contributed by atoms with Gasteiger partial charge in [0.2, 0.25) is 0 Å². The molecule has 0 spiro atoms. The smallest absolute Gasteiger partial charge is 0.114 e. The van der Waals surface area contributed by atoms with Crippen molar-refractivity contribution in [2.75, 3.05) is 11.5 Å². The van der Waals surface area contributed by atoms with Crippen molar-refractivity contribution in [1.29, 1.82) is 0 Å². The zero-order valence-electron chi connectivity index (χ0n) is 11.8. The van der Waals surface area contributed by atoms with Gasteiger partial charge >= 0.3 is 0 Å². The van der Waals surface area contributed by atoms with Gasteiger partial charge in [-0.1, -0.05) is 13.8 Å². The summed E-state index contributed by atoms with van der Waals surface area (Å²) >= 11 is 3.90. The number of aromatic nitrogens is 1. The minimum absolute atomic E-state index is 0.120. The van der Waals surface area contributed by atoms with Crippen LogP contribution in [0.2, 0.25) is 0 Å². The minimum Gasteiger partial charge on any atom is -0.302 e. The molecule has 0 saturated carbocycles. The molecule has 18 heavy (non-hydrogen) atoms. The fourth-order valence-corrected chi connectivity index (χ4v) is 4.93. The molecule has 1 unspecified atom stereocenters. The van der Waals surface area contributed by atoms with Gasteiger partial charge in [-0.25, -0.2) is 4.98 Å². The lowest BCUT2D eigenvalue weighted by molar-refractivity contribution is 0.308. The maximum absolute atomic E-state index is 4.90. The lowest BCUT2D eigenvalue weighted by atomic mass is 9.95. The molecule has 1 aromatic heterocycles. The molecule has 2 heterocycles.